The first-order valence-corrected chi connectivity index (χ1v) is 8.15. The van der Waals surface area contributed by atoms with Crippen molar-refractivity contribution in [3.63, 3.8) is 0 Å². The van der Waals surface area contributed by atoms with Crippen molar-refractivity contribution in [1.29, 1.82) is 0 Å². The zero-order valence-electron chi connectivity index (χ0n) is 14.5. The third-order valence-corrected chi connectivity index (χ3v) is 3.57. The average molecular weight is 400 g/mol. The summed E-state index contributed by atoms with van der Waals surface area (Å²) >= 11 is 6.07. The summed E-state index contributed by atoms with van der Waals surface area (Å²) in [5.74, 6) is -2.73. The molecule has 0 aliphatic heterocycles. The van der Waals surface area contributed by atoms with Crippen LogP contribution in [0.1, 0.15) is 17.3 Å². The largest absolute Gasteiger partial charge is 0.493 e. The van der Waals surface area contributed by atoms with E-state index in [0.717, 1.165) is 18.2 Å². The maximum Gasteiger partial charge on any atom is 0.338 e. The second kappa shape index (κ2) is 9.18. The first-order chi connectivity index (χ1) is 12.8. The summed E-state index contributed by atoms with van der Waals surface area (Å²) in [5, 5.41) is 2.25. The van der Waals surface area contributed by atoms with Crippen LogP contribution < -0.4 is 14.8 Å². The zero-order chi connectivity index (χ0) is 20.0. The van der Waals surface area contributed by atoms with Crippen molar-refractivity contribution in [3.8, 4) is 11.5 Å². The standard InChI is InChI=1S/C18H16ClF2NO5/c1-3-26-17-12(19)6-10(7-15(17)25-2)18(24)27-9-16(23)22-14-8-11(20)4-5-13(14)21/h4-8H,3,9H2,1-2H3,(H,22,23). The van der Waals surface area contributed by atoms with Gasteiger partial charge in [0.05, 0.1) is 30.0 Å². The molecule has 2 rings (SSSR count). The summed E-state index contributed by atoms with van der Waals surface area (Å²) in [6.45, 7) is 1.40. The van der Waals surface area contributed by atoms with Crippen molar-refractivity contribution in [3.05, 3.63) is 52.6 Å². The number of hydrogen-bond donors (Lipinski definition) is 1. The molecule has 2 aromatic carbocycles. The van der Waals surface area contributed by atoms with Gasteiger partial charge in [0.15, 0.2) is 18.1 Å². The SMILES string of the molecule is CCOc1c(Cl)cc(C(=O)OCC(=O)Nc2cc(F)ccc2F)cc1OC. The lowest BCUT2D eigenvalue weighted by Gasteiger charge is -2.13. The Bertz CT molecular complexity index is 860. The number of halogens is 3. The molecular weight excluding hydrogens is 384 g/mol. The van der Waals surface area contributed by atoms with E-state index in [0.29, 0.717) is 6.61 Å². The summed E-state index contributed by atoms with van der Waals surface area (Å²) in [6, 6.07) is 5.25. The molecule has 6 nitrogen and oxygen atoms in total. The Kier molecular flexibility index (Phi) is 6.95. The van der Waals surface area contributed by atoms with Gasteiger partial charge in [0.25, 0.3) is 5.91 Å². The van der Waals surface area contributed by atoms with Crippen LogP contribution in [0.2, 0.25) is 5.02 Å². The predicted molar refractivity (Wildman–Crippen MR) is 94.4 cm³/mol. The molecule has 144 valence electrons. The Morgan fingerprint density at radius 2 is 1.93 bits per heavy atom. The van der Waals surface area contributed by atoms with Crippen LogP contribution in [0.5, 0.6) is 11.5 Å². The molecule has 9 heteroatoms. The number of amides is 1. The fourth-order valence-corrected chi connectivity index (χ4v) is 2.38. The van der Waals surface area contributed by atoms with Crippen molar-refractivity contribution in [2.45, 2.75) is 6.92 Å². The van der Waals surface area contributed by atoms with E-state index in [4.69, 9.17) is 25.8 Å². The van der Waals surface area contributed by atoms with Gasteiger partial charge >= 0.3 is 5.97 Å². The van der Waals surface area contributed by atoms with Gasteiger partial charge in [-0.15, -0.1) is 0 Å². The molecule has 0 heterocycles. The highest BCUT2D eigenvalue weighted by molar-refractivity contribution is 6.32. The van der Waals surface area contributed by atoms with Gasteiger partial charge in [-0.3, -0.25) is 4.79 Å². The topological polar surface area (TPSA) is 73.9 Å². The molecule has 0 saturated heterocycles. The smallest absolute Gasteiger partial charge is 0.338 e. The predicted octanol–water partition coefficient (Wildman–Crippen LogP) is 3.82. The lowest BCUT2D eigenvalue weighted by molar-refractivity contribution is -0.119. The highest BCUT2D eigenvalue weighted by atomic mass is 35.5. The maximum atomic E-state index is 13.5. The van der Waals surface area contributed by atoms with Crippen LogP contribution in [0.25, 0.3) is 0 Å². The van der Waals surface area contributed by atoms with E-state index in [1.807, 2.05) is 0 Å². The molecule has 0 aromatic heterocycles. The van der Waals surface area contributed by atoms with E-state index < -0.39 is 30.1 Å². The molecule has 0 unspecified atom stereocenters. The molecule has 0 bridgehead atoms. The van der Waals surface area contributed by atoms with Gasteiger partial charge in [-0.25, -0.2) is 13.6 Å². The average Bonchev–Trinajstić information content (AvgIpc) is 2.64. The number of benzene rings is 2. The van der Waals surface area contributed by atoms with E-state index in [-0.39, 0.29) is 27.8 Å². The number of nitrogens with one attached hydrogen (secondary N) is 1. The Labute approximate surface area is 159 Å². The number of esters is 1. The third kappa shape index (κ3) is 5.30. The normalized spacial score (nSPS) is 10.3. The summed E-state index contributed by atoms with van der Waals surface area (Å²) in [5.41, 5.74) is -0.327. The Morgan fingerprint density at radius 1 is 1.19 bits per heavy atom. The number of rotatable bonds is 7. The maximum absolute atomic E-state index is 13.5. The molecule has 0 radical (unpaired) electrons. The van der Waals surface area contributed by atoms with Crippen molar-refractivity contribution in [1.82, 2.24) is 0 Å². The van der Waals surface area contributed by atoms with E-state index >= 15 is 0 Å². The van der Waals surface area contributed by atoms with Crippen molar-refractivity contribution in [2.24, 2.45) is 0 Å². The van der Waals surface area contributed by atoms with Gasteiger partial charge < -0.3 is 19.5 Å². The lowest BCUT2D eigenvalue weighted by Crippen LogP contribution is -2.21. The second-order valence-electron chi connectivity index (χ2n) is 5.17. The number of carbonyl (C=O) groups is 2. The van der Waals surface area contributed by atoms with Crippen LogP contribution in [0.4, 0.5) is 14.5 Å². The van der Waals surface area contributed by atoms with Crippen LogP contribution in [-0.4, -0.2) is 32.2 Å². The molecule has 0 atom stereocenters. The minimum atomic E-state index is -0.854. The molecule has 0 aliphatic rings. The Morgan fingerprint density at radius 3 is 2.59 bits per heavy atom. The molecule has 0 fully saturated rings. The molecule has 0 spiro atoms. The van der Waals surface area contributed by atoms with E-state index in [2.05, 4.69) is 5.32 Å². The van der Waals surface area contributed by atoms with Crippen molar-refractivity contribution >= 4 is 29.2 Å². The second-order valence-corrected chi connectivity index (χ2v) is 5.58. The van der Waals surface area contributed by atoms with E-state index in [9.17, 15) is 18.4 Å². The highest BCUT2D eigenvalue weighted by Gasteiger charge is 2.18. The van der Waals surface area contributed by atoms with Crippen LogP contribution in [-0.2, 0) is 9.53 Å². The number of carbonyl (C=O) groups excluding carboxylic acids is 2. The van der Waals surface area contributed by atoms with Crippen molar-refractivity contribution < 1.29 is 32.6 Å². The summed E-state index contributed by atoms with van der Waals surface area (Å²) in [6.07, 6.45) is 0. The van der Waals surface area contributed by atoms with E-state index in [1.54, 1.807) is 6.92 Å². The molecule has 27 heavy (non-hydrogen) atoms. The third-order valence-electron chi connectivity index (χ3n) is 3.29. The first kappa shape index (κ1) is 20.4. The summed E-state index contributed by atoms with van der Waals surface area (Å²) in [7, 11) is 1.38. The van der Waals surface area contributed by atoms with Gasteiger partial charge in [-0.05, 0) is 31.2 Å². The first-order valence-electron chi connectivity index (χ1n) is 7.78. The number of methoxy groups -OCH3 is 1. The molecule has 2 aromatic rings. The quantitative estimate of drug-likeness (QED) is 0.716. The molecule has 1 amide bonds. The van der Waals surface area contributed by atoms with Gasteiger partial charge in [0.2, 0.25) is 0 Å². The Hall–Kier alpha value is -2.87. The van der Waals surface area contributed by atoms with Crippen LogP contribution in [0.15, 0.2) is 30.3 Å². The van der Waals surface area contributed by atoms with Gasteiger partial charge in [-0.1, -0.05) is 11.6 Å². The van der Waals surface area contributed by atoms with E-state index in [1.165, 1.54) is 19.2 Å². The molecule has 0 aliphatic carbocycles. The minimum absolute atomic E-state index is 0.0324. The lowest BCUT2D eigenvalue weighted by atomic mass is 10.2. The van der Waals surface area contributed by atoms with Gasteiger partial charge in [0.1, 0.15) is 11.6 Å². The number of hydrogen-bond acceptors (Lipinski definition) is 5. The monoisotopic (exact) mass is 399 g/mol. The Balaban J connectivity index is 2.03. The fourth-order valence-electron chi connectivity index (χ4n) is 2.12. The number of anilines is 1. The number of ether oxygens (including phenoxy) is 3. The van der Waals surface area contributed by atoms with Crippen LogP contribution in [0.3, 0.4) is 0 Å². The summed E-state index contributed by atoms with van der Waals surface area (Å²) < 4.78 is 41.9. The molecule has 0 saturated carbocycles. The van der Waals surface area contributed by atoms with Gasteiger partial charge in [0, 0.05) is 6.07 Å². The zero-order valence-corrected chi connectivity index (χ0v) is 15.2. The molecule has 1 N–H and O–H groups in total. The van der Waals surface area contributed by atoms with Crippen LogP contribution >= 0.6 is 11.6 Å². The van der Waals surface area contributed by atoms with Crippen LogP contribution in [0, 0.1) is 11.6 Å². The van der Waals surface area contributed by atoms with Crippen molar-refractivity contribution in [2.75, 3.05) is 25.6 Å². The highest BCUT2D eigenvalue weighted by Crippen LogP contribution is 2.36. The fraction of sp³-hybridized carbons (Fsp3) is 0.222. The molecular formula is C18H16ClF2NO5. The summed E-state index contributed by atoms with van der Waals surface area (Å²) in [4.78, 5) is 23.9. The van der Waals surface area contributed by atoms with Gasteiger partial charge in [-0.2, -0.15) is 0 Å². The minimum Gasteiger partial charge on any atom is -0.493 e.